The smallest absolute Gasteiger partial charge is 0.245 e. The number of piperidine rings is 1. The second-order valence-electron chi connectivity index (χ2n) is 5.55. The van der Waals surface area contributed by atoms with Gasteiger partial charge >= 0.3 is 0 Å². The molecule has 6 heteroatoms. The van der Waals surface area contributed by atoms with Gasteiger partial charge < -0.3 is 10.6 Å². The van der Waals surface area contributed by atoms with Crippen molar-refractivity contribution in [2.45, 2.75) is 30.7 Å². The van der Waals surface area contributed by atoms with Gasteiger partial charge in [-0.15, -0.1) is 0 Å². The van der Waals surface area contributed by atoms with Crippen LogP contribution in [0.15, 0.2) is 23.1 Å². The van der Waals surface area contributed by atoms with Crippen molar-refractivity contribution in [2.24, 2.45) is 0 Å². The van der Waals surface area contributed by atoms with Crippen LogP contribution in [0.2, 0.25) is 0 Å². The fourth-order valence-electron chi connectivity index (χ4n) is 2.73. The Hall–Kier alpha value is -1.11. The molecule has 0 saturated carbocycles. The number of aryl methyl sites for hydroxylation is 1. The molecule has 0 unspecified atom stereocenters. The summed E-state index contributed by atoms with van der Waals surface area (Å²) >= 11 is 0. The number of nitrogens with two attached hydrogens (primary N) is 1. The first-order valence-electron chi connectivity index (χ1n) is 6.85. The number of hydrogen-bond donors (Lipinski definition) is 1. The van der Waals surface area contributed by atoms with E-state index in [1.165, 1.54) is 4.31 Å². The third kappa shape index (κ3) is 2.82. The van der Waals surface area contributed by atoms with Crippen molar-refractivity contribution in [3.63, 3.8) is 0 Å². The molecule has 0 atom stereocenters. The fraction of sp³-hybridized carbons (Fsp3) is 0.571. The Bertz CT molecular complexity index is 558. The van der Waals surface area contributed by atoms with Gasteiger partial charge in [0.25, 0.3) is 0 Å². The molecular weight excluding hydrogens is 274 g/mol. The van der Waals surface area contributed by atoms with Gasteiger partial charge in [-0.05, 0) is 51.5 Å². The Morgan fingerprint density at radius 2 is 1.90 bits per heavy atom. The van der Waals surface area contributed by atoms with Crippen LogP contribution in [-0.2, 0) is 10.0 Å². The summed E-state index contributed by atoms with van der Waals surface area (Å²) in [6.07, 6.45) is 1.72. The summed E-state index contributed by atoms with van der Waals surface area (Å²) in [6, 6.07) is 5.25. The van der Waals surface area contributed by atoms with Crippen LogP contribution in [0, 0.1) is 6.92 Å². The molecule has 2 N–H and O–H groups in total. The number of likely N-dealkylation sites (tertiary alicyclic amines) is 1. The van der Waals surface area contributed by atoms with Crippen molar-refractivity contribution >= 4 is 15.7 Å². The fourth-order valence-corrected chi connectivity index (χ4v) is 4.46. The Morgan fingerprint density at radius 1 is 1.30 bits per heavy atom. The Balaban J connectivity index is 2.30. The molecule has 0 aromatic heterocycles. The van der Waals surface area contributed by atoms with Gasteiger partial charge in [0.1, 0.15) is 4.90 Å². The molecule has 0 bridgehead atoms. The van der Waals surface area contributed by atoms with Crippen molar-refractivity contribution in [2.75, 3.05) is 32.9 Å². The normalized spacial score (nSPS) is 18.6. The molecule has 1 fully saturated rings. The zero-order valence-corrected chi connectivity index (χ0v) is 13.2. The van der Waals surface area contributed by atoms with Gasteiger partial charge in [-0.2, -0.15) is 4.31 Å². The SMILES string of the molecule is Cc1cccc(N)c1S(=O)(=O)N(C)C1CCN(C)CC1. The first-order valence-corrected chi connectivity index (χ1v) is 8.29. The number of benzene rings is 1. The predicted octanol–water partition coefficient (Wildman–Crippen LogP) is 1.29. The van der Waals surface area contributed by atoms with Crippen molar-refractivity contribution in [1.82, 2.24) is 9.21 Å². The number of anilines is 1. The average molecular weight is 297 g/mol. The van der Waals surface area contributed by atoms with Crippen molar-refractivity contribution < 1.29 is 8.42 Å². The number of hydrogen-bond acceptors (Lipinski definition) is 4. The number of nitrogen functional groups attached to an aromatic ring is 1. The van der Waals surface area contributed by atoms with Crippen molar-refractivity contribution in [1.29, 1.82) is 0 Å². The summed E-state index contributed by atoms with van der Waals surface area (Å²) in [4.78, 5) is 2.47. The summed E-state index contributed by atoms with van der Waals surface area (Å²) in [5, 5.41) is 0. The van der Waals surface area contributed by atoms with Gasteiger partial charge in [0, 0.05) is 13.1 Å². The van der Waals surface area contributed by atoms with E-state index in [0.717, 1.165) is 25.9 Å². The predicted molar refractivity (Wildman–Crippen MR) is 81.1 cm³/mol. The lowest BCUT2D eigenvalue weighted by molar-refractivity contribution is 0.197. The molecule has 0 aliphatic carbocycles. The molecule has 1 heterocycles. The second kappa shape index (κ2) is 5.71. The third-order valence-corrected chi connectivity index (χ3v) is 6.21. The van der Waals surface area contributed by atoms with Crippen LogP contribution in [0.3, 0.4) is 0 Å². The molecule has 1 saturated heterocycles. The molecular formula is C14H23N3O2S. The van der Waals surface area contributed by atoms with Gasteiger partial charge in [-0.1, -0.05) is 12.1 Å². The van der Waals surface area contributed by atoms with Gasteiger partial charge in [-0.25, -0.2) is 8.42 Å². The monoisotopic (exact) mass is 297 g/mol. The quantitative estimate of drug-likeness (QED) is 0.854. The van der Waals surface area contributed by atoms with E-state index in [4.69, 9.17) is 5.73 Å². The molecule has 112 valence electrons. The largest absolute Gasteiger partial charge is 0.398 e. The lowest BCUT2D eigenvalue weighted by Crippen LogP contribution is -2.44. The van der Waals surface area contributed by atoms with E-state index in [1.54, 1.807) is 32.2 Å². The van der Waals surface area contributed by atoms with E-state index in [9.17, 15) is 8.42 Å². The lowest BCUT2D eigenvalue weighted by atomic mass is 10.1. The summed E-state index contributed by atoms with van der Waals surface area (Å²) < 4.78 is 27.1. The van der Waals surface area contributed by atoms with E-state index in [0.29, 0.717) is 11.3 Å². The number of sulfonamides is 1. The van der Waals surface area contributed by atoms with E-state index in [-0.39, 0.29) is 10.9 Å². The van der Waals surface area contributed by atoms with Crippen LogP contribution in [-0.4, -0.2) is 50.8 Å². The van der Waals surface area contributed by atoms with Gasteiger partial charge in [0.05, 0.1) is 5.69 Å². The summed E-state index contributed by atoms with van der Waals surface area (Å²) in [5.74, 6) is 0. The van der Waals surface area contributed by atoms with E-state index < -0.39 is 10.0 Å². The minimum Gasteiger partial charge on any atom is -0.398 e. The highest BCUT2D eigenvalue weighted by atomic mass is 32.2. The van der Waals surface area contributed by atoms with Crippen LogP contribution >= 0.6 is 0 Å². The van der Waals surface area contributed by atoms with Crippen molar-refractivity contribution in [3.8, 4) is 0 Å². The van der Waals surface area contributed by atoms with Crippen LogP contribution in [0.25, 0.3) is 0 Å². The third-order valence-electron chi connectivity index (χ3n) is 4.08. The lowest BCUT2D eigenvalue weighted by Gasteiger charge is -2.34. The highest BCUT2D eigenvalue weighted by Gasteiger charge is 2.32. The first kappa shape index (κ1) is 15.3. The molecule has 0 radical (unpaired) electrons. The summed E-state index contributed by atoms with van der Waals surface area (Å²) in [6.45, 7) is 3.63. The molecule has 0 spiro atoms. The van der Waals surface area contributed by atoms with Gasteiger partial charge in [0.2, 0.25) is 10.0 Å². The molecule has 2 rings (SSSR count). The zero-order valence-electron chi connectivity index (χ0n) is 12.3. The van der Waals surface area contributed by atoms with Crippen LogP contribution in [0.4, 0.5) is 5.69 Å². The highest BCUT2D eigenvalue weighted by Crippen LogP contribution is 2.28. The van der Waals surface area contributed by atoms with Crippen LogP contribution in [0.1, 0.15) is 18.4 Å². The first-order chi connectivity index (χ1) is 9.34. The van der Waals surface area contributed by atoms with E-state index in [2.05, 4.69) is 11.9 Å². The van der Waals surface area contributed by atoms with Crippen LogP contribution < -0.4 is 5.73 Å². The van der Waals surface area contributed by atoms with E-state index in [1.807, 2.05) is 0 Å². The summed E-state index contributed by atoms with van der Waals surface area (Å²) in [7, 11) is 0.196. The van der Waals surface area contributed by atoms with Gasteiger partial charge in [0.15, 0.2) is 0 Å². The molecule has 1 aliphatic rings. The Morgan fingerprint density at radius 3 is 2.45 bits per heavy atom. The highest BCUT2D eigenvalue weighted by molar-refractivity contribution is 7.89. The average Bonchev–Trinajstić information content (AvgIpc) is 2.38. The molecule has 0 amide bonds. The molecule has 1 aromatic carbocycles. The summed E-state index contributed by atoms with van der Waals surface area (Å²) in [5.41, 5.74) is 6.91. The zero-order chi connectivity index (χ0) is 14.9. The van der Waals surface area contributed by atoms with Crippen LogP contribution in [0.5, 0.6) is 0 Å². The second-order valence-corrected chi connectivity index (χ2v) is 7.48. The molecule has 1 aromatic rings. The molecule has 5 nitrogen and oxygen atoms in total. The maximum atomic E-state index is 12.8. The topological polar surface area (TPSA) is 66.6 Å². The molecule has 1 aliphatic heterocycles. The maximum absolute atomic E-state index is 12.8. The van der Waals surface area contributed by atoms with Gasteiger partial charge in [-0.3, -0.25) is 0 Å². The molecule has 20 heavy (non-hydrogen) atoms. The van der Waals surface area contributed by atoms with Crippen molar-refractivity contribution in [3.05, 3.63) is 23.8 Å². The van der Waals surface area contributed by atoms with E-state index >= 15 is 0 Å². The number of nitrogens with zero attached hydrogens (tertiary/aromatic N) is 2. The Labute approximate surface area is 121 Å². The minimum absolute atomic E-state index is 0.0511. The number of rotatable bonds is 3. The standard InChI is InChI=1S/C14H23N3O2S/c1-11-5-4-6-13(15)14(11)20(18,19)17(3)12-7-9-16(2)10-8-12/h4-6,12H,7-10,15H2,1-3H3. The maximum Gasteiger partial charge on any atom is 0.245 e. The minimum atomic E-state index is -3.53. The Kier molecular flexibility index (Phi) is 4.36.